The predicted octanol–water partition coefficient (Wildman–Crippen LogP) is 1.88. The SMILES string of the molecule is O=C(C1CCCN1C(=O)C1CC1)N1CCN(c2ccc(F)cc2)CC1. The summed E-state index contributed by atoms with van der Waals surface area (Å²) in [7, 11) is 0. The van der Waals surface area contributed by atoms with Crippen LogP contribution in [-0.2, 0) is 9.59 Å². The van der Waals surface area contributed by atoms with E-state index in [1.165, 1.54) is 12.1 Å². The van der Waals surface area contributed by atoms with Crippen molar-refractivity contribution in [2.45, 2.75) is 31.7 Å². The second kappa shape index (κ2) is 6.65. The summed E-state index contributed by atoms with van der Waals surface area (Å²) in [5.41, 5.74) is 0.986. The Morgan fingerprint density at radius 2 is 1.56 bits per heavy atom. The van der Waals surface area contributed by atoms with Gasteiger partial charge in [-0.1, -0.05) is 0 Å². The minimum Gasteiger partial charge on any atom is -0.368 e. The van der Waals surface area contributed by atoms with Crippen LogP contribution in [0.5, 0.6) is 0 Å². The zero-order chi connectivity index (χ0) is 17.4. The van der Waals surface area contributed by atoms with Gasteiger partial charge in [0.1, 0.15) is 11.9 Å². The molecule has 1 atom stereocenters. The standard InChI is InChI=1S/C19H24FN3O2/c20-15-5-7-16(8-6-15)21-10-12-22(13-11-21)19(25)17-2-1-9-23(17)18(24)14-3-4-14/h5-8,14,17H,1-4,9-13H2. The lowest BCUT2D eigenvalue weighted by atomic mass is 10.1. The first-order chi connectivity index (χ1) is 12.1. The number of nitrogens with zero attached hydrogens (tertiary/aromatic N) is 3. The van der Waals surface area contributed by atoms with E-state index >= 15 is 0 Å². The molecule has 3 fully saturated rings. The molecule has 2 heterocycles. The van der Waals surface area contributed by atoms with E-state index in [1.807, 2.05) is 9.80 Å². The Bertz CT molecular complexity index is 651. The van der Waals surface area contributed by atoms with Crippen molar-refractivity contribution in [3.63, 3.8) is 0 Å². The number of halogens is 1. The Balaban J connectivity index is 1.36. The molecule has 0 spiro atoms. The average Bonchev–Trinajstić information content (AvgIpc) is 3.38. The van der Waals surface area contributed by atoms with Crippen molar-refractivity contribution in [3.8, 4) is 0 Å². The van der Waals surface area contributed by atoms with Gasteiger partial charge in [-0.2, -0.15) is 0 Å². The molecular weight excluding hydrogens is 321 g/mol. The molecule has 2 saturated heterocycles. The number of carbonyl (C=O) groups excluding carboxylic acids is 2. The fourth-order valence-corrected chi connectivity index (χ4v) is 3.90. The molecule has 5 nitrogen and oxygen atoms in total. The highest BCUT2D eigenvalue weighted by Gasteiger charge is 2.42. The molecule has 4 rings (SSSR count). The van der Waals surface area contributed by atoms with Crippen molar-refractivity contribution in [2.24, 2.45) is 5.92 Å². The number of carbonyl (C=O) groups is 2. The van der Waals surface area contributed by atoms with Gasteiger partial charge in [0.05, 0.1) is 0 Å². The molecular formula is C19H24FN3O2. The highest BCUT2D eigenvalue weighted by atomic mass is 19.1. The van der Waals surface area contributed by atoms with Gasteiger partial charge in [-0.05, 0) is 49.9 Å². The number of anilines is 1. The van der Waals surface area contributed by atoms with Crippen LogP contribution < -0.4 is 4.90 Å². The fraction of sp³-hybridized carbons (Fsp3) is 0.579. The molecule has 134 valence electrons. The first kappa shape index (κ1) is 16.4. The highest BCUT2D eigenvalue weighted by molar-refractivity contribution is 5.90. The molecule has 6 heteroatoms. The molecule has 0 aromatic heterocycles. The number of benzene rings is 1. The van der Waals surface area contributed by atoms with Gasteiger partial charge >= 0.3 is 0 Å². The maximum Gasteiger partial charge on any atom is 0.245 e. The number of amides is 2. The summed E-state index contributed by atoms with van der Waals surface area (Å²) < 4.78 is 13.1. The van der Waals surface area contributed by atoms with Crippen LogP contribution >= 0.6 is 0 Å². The molecule has 2 amide bonds. The molecule has 1 saturated carbocycles. The molecule has 2 aliphatic heterocycles. The van der Waals surface area contributed by atoms with Crippen molar-refractivity contribution in [3.05, 3.63) is 30.1 Å². The molecule has 0 bridgehead atoms. The maximum absolute atomic E-state index is 13.1. The lowest BCUT2D eigenvalue weighted by Gasteiger charge is -2.38. The number of hydrogen-bond acceptors (Lipinski definition) is 3. The molecule has 25 heavy (non-hydrogen) atoms. The van der Waals surface area contributed by atoms with E-state index in [0.29, 0.717) is 13.1 Å². The van der Waals surface area contributed by atoms with E-state index in [4.69, 9.17) is 0 Å². The Hall–Kier alpha value is -2.11. The lowest BCUT2D eigenvalue weighted by Crippen LogP contribution is -2.54. The van der Waals surface area contributed by atoms with Crippen LogP contribution in [0.15, 0.2) is 24.3 Å². The van der Waals surface area contributed by atoms with Gasteiger partial charge in [0.25, 0.3) is 0 Å². The van der Waals surface area contributed by atoms with Crippen LogP contribution in [0.25, 0.3) is 0 Å². The largest absolute Gasteiger partial charge is 0.368 e. The second-order valence-electron chi connectivity index (χ2n) is 7.25. The van der Waals surface area contributed by atoms with E-state index in [9.17, 15) is 14.0 Å². The zero-order valence-corrected chi connectivity index (χ0v) is 14.4. The Kier molecular flexibility index (Phi) is 4.36. The minimum atomic E-state index is -0.259. The van der Waals surface area contributed by atoms with Crippen LogP contribution in [0, 0.1) is 11.7 Å². The van der Waals surface area contributed by atoms with Crippen LogP contribution in [0.4, 0.5) is 10.1 Å². The molecule has 0 radical (unpaired) electrons. The number of piperazine rings is 1. The van der Waals surface area contributed by atoms with Gasteiger partial charge in [-0.15, -0.1) is 0 Å². The molecule has 1 aromatic carbocycles. The van der Waals surface area contributed by atoms with Crippen molar-refractivity contribution in [1.29, 1.82) is 0 Å². The van der Waals surface area contributed by atoms with Gasteiger partial charge < -0.3 is 14.7 Å². The van der Waals surface area contributed by atoms with Crippen molar-refractivity contribution in [2.75, 3.05) is 37.6 Å². The minimum absolute atomic E-state index is 0.102. The van der Waals surface area contributed by atoms with E-state index in [0.717, 1.165) is 51.0 Å². The Morgan fingerprint density at radius 3 is 2.20 bits per heavy atom. The Morgan fingerprint density at radius 1 is 0.880 bits per heavy atom. The highest BCUT2D eigenvalue weighted by Crippen LogP contribution is 2.34. The third-order valence-electron chi connectivity index (χ3n) is 5.53. The number of hydrogen-bond donors (Lipinski definition) is 0. The van der Waals surface area contributed by atoms with Crippen molar-refractivity contribution < 1.29 is 14.0 Å². The summed E-state index contributed by atoms with van der Waals surface area (Å²) >= 11 is 0. The Labute approximate surface area is 147 Å². The second-order valence-corrected chi connectivity index (χ2v) is 7.25. The number of rotatable bonds is 3. The average molecular weight is 345 g/mol. The van der Waals surface area contributed by atoms with Gasteiger partial charge in [-0.3, -0.25) is 9.59 Å². The zero-order valence-electron chi connectivity index (χ0n) is 14.4. The predicted molar refractivity (Wildman–Crippen MR) is 92.7 cm³/mol. The molecule has 1 aromatic rings. The van der Waals surface area contributed by atoms with Gasteiger partial charge in [-0.25, -0.2) is 4.39 Å². The number of likely N-dealkylation sites (tertiary alicyclic amines) is 1. The maximum atomic E-state index is 13.1. The summed E-state index contributed by atoms with van der Waals surface area (Å²) in [5.74, 6) is 0.217. The van der Waals surface area contributed by atoms with E-state index in [1.54, 1.807) is 12.1 Å². The smallest absolute Gasteiger partial charge is 0.245 e. The van der Waals surface area contributed by atoms with E-state index < -0.39 is 0 Å². The normalized spacial score (nSPS) is 23.9. The molecule has 3 aliphatic rings. The van der Waals surface area contributed by atoms with Gasteiger partial charge in [0, 0.05) is 44.3 Å². The molecule has 0 N–H and O–H groups in total. The molecule has 1 unspecified atom stereocenters. The fourth-order valence-electron chi connectivity index (χ4n) is 3.90. The summed E-state index contributed by atoms with van der Waals surface area (Å²) in [6, 6.07) is 6.23. The van der Waals surface area contributed by atoms with Crippen LogP contribution in [0.1, 0.15) is 25.7 Å². The first-order valence-corrected chi connectivity index (χ1v) is 9.23. The summed E-state index contributed by atoms with van der Waals surface area (Å²) in [6.07, 6.45) is 3.67. The summed E-state index contributed by atoms with van der Waals surface area (Å²) in [5, 5.41) is 0. The van der Waals surface area contributed by atoms with Gasteiger partial charge in [0.15, 0.2) is 0 Å². The van der Waals surface area contributed by atoms with Crippen LogP contribution in [0.3, 0.4) is 0 Å². The third kappa shape index (κ3) is 3.34. The van der Waals surface area contributed by atoms with Crippen LogP contribution in [-0.4, -0.2) is 60.4 Å². The van der Waals surface area contributed by atoms with Crippen molar-refractivity contribution >= 4 is 17.5 Å². The van der Waals surface area contributed by atoms with E-state index in [2.05, 4.69) is 4.90 Å². The molecule has 1 aliphatic carbocycles. The lowest BCUT2D eigenvalue weighted by molar-refractivity contribution is -0.144. The topological polar surface area (TPSA) is 43.9 Å². The third-order valence-corrected chi connectivity index (χ3v) is 5.53. The van der Waals surface area contributed by atoms with Crippen molar-refractivity contribution in [1.82, 2.24) is 9.80 Å². The van der Waals surface area contributed by atoms with Gasteiger partial charge in [0.2, 0.25) is 11.8 Å². The van der Waals surface area contributed by atoms with Crippen LogP contribution in [0.2, 0.25) is 0 Å². The quantitative estimate of drug-likeness (QED) is 0.840. The van der Waals surface area contributed by atoms with E-state index in [-0.39, 0.29) is 29.6 Å². The summed E-state index contributed by atoms with van der Waals surface area (Å²) in [6.45, 7) is 3.50. The summed E-state index contributed by atoms with van der Waals surface area (Å²) in [4.78, 5) is 31.2. The monoisotopic (exact) mass is 345 g/mol. The first-order valence-electron chi connectivity index (χ1n) is 9.23.